The number of ether oxygens (including phenoxy) is 2. The number of hydrogen-bond acceptors (Lipinski definition) is 5. The Kier molecular flexibility index (Phi) is 4.62. The Morgan fingerprint density at radius 1 is 1.25 bits per heavy atom. The maximum atomic E-state index is 12.6. The van der Waals surface area contributed by atoms with E-state index in [4.69, 9.17) is 20.9 Å². The van der Waals surface area contributed by atoms with Crippen LogP contribution in [0.3, 0.4) is 0 Å². The predicted molar refractivity (Wildman–Crippen MR) is 88.6 cm³/mol. The first-order valence-electron chi connectivity index (χ1n) is 8.15. The summed E-state index contributed by atoms with van der Waals surface area (Å²) < 4.78 is 10.5. The van der Waals surface area contributed by atoms with E-state index in [0.717, 1.165) is 19.3 Å². The number of carbonyl (C=O) groups excluding carboxylic acids is 2. The molecule has 7 heteroatoms. The molecule has 5 N–H and O–H groups in total. The minimum Gasteiger partial charge on any atom is -0.493 e. The van der Waals surface area contributed by atoms with Gasteiger partial charge in [0.1, 0.15) is 0 Å². The normalized spacial score (nSPS) is 27.8. The molecule has 2 aliphatic carbocycles. The molecule has 130 valence electrons. The number of anilines is 1. The van der Waals surface area contributed by atoms with Crippen molar-refractivity contribution in [3.63, 3.8) is 0 Å². The van der Waals surface area contributed by atoms with Crippen molar-refractivity contribution in [2.24, 2.45) is 29.2 Å². The van der Waals surface area contributed by atoms with E-state index in [9.17, 15) is 9.59 Å². The summed E-state index contributed by atoms with van der Waals surface area (Å²) in [5, 5.41) is 2.91. The fourth-order valence-corrected chi connectivity index (χ4v) is 3.97. The Labute approximate surface area is 140 Å². The third-order valence-electron chi connectivity index (χ3n) is 5.08. The zero-order valence-electron chi connectivity index (χ0n) is 13.7. The Morgan fingerprint density at radius 3 is 2.62 bits per heavy atom. The van der Waals surface area contributed by atoms with Gasteiger partial charge in [0.15, 0.2) is 18.1 Å². The van der Waals surface area contributed by atoms with E-state index in [-0.39, 0.29) is 24.5 Å². The van der Waals surface area contributed by atoms with E-state index < -0.39 is 5.91 Å². The number of nitrogens with one attached hydrogen (secondary N) is 1. The van der Waals surface area contributed by atoms with Crippen molar-refractivity contribution in [3.05, 3.63) is 18.2 Å². The number of primary amides is 1. The van der Waals surface area contributed by atoms with E-state index >= 15 is 0 Å². The van der Waals surface area contributed by atoms with Gasteiger partial charge < -0.3 is 26.3 Å². The molecule has 4 atom stereocenters. The quantitative estimate of drug-likeness (QED) is 0.714. The first-order chi connectivity index (χ1) is 11.5. The molecule has 1 aromatic rings. The first kappa shape index (κ1) is 16.6. The number of rotatable bonds is 6. The second-order valence-corrected chi connectivity index (χ2v) is 6.55. The zero-order chi connectivity index (χ0) is 17.3. The molecule has 0 heterocycles. The molecule has 2 bridgehead atoms. The molecule has 1 aromatic carbocycles. The third kappa shape index (κ3) is 3.17. The maximum Gasteiger partial charge on any atom is 0.255 e. The van der Waals surface area contributed by atoms with Gasteiger partial charge in [0.2, 0.25) is 5.91 Å². The maximum absolute atomic E-state index is 12.6. The molecule has 3 rings (SSSR count). The van der Waals surface area contributed by atoms with Gasteiger partial charge in [-0.3, -0.25) is 9.59 Å². The average molecular weight is 333 g/mol. The van der Waals surface area contributed by atoms with Crippen LogP contribution in [-0.2, 0) is 9.59 Å². The fraction of sp³-hybridized carbons (Fsp3) is 0.529. The van der Waals surface area contributed by atoms with Crippen LogP contribution in [0.4, 0.5) is 5.69 Å². The molecule has 2 amide bonds. The van der Waals surface area contributed by atoms with Crippen molar-refractivity contribution in [1.82, 2.24) is 0 Å². The van der Waals surface area contributed by atoms with Crippen molar-refractivity contribution in [1.29, 1.82) is 0 Å². The molecule has 0 saturated heterocycles. The first-order valence-corrected chi connectivity index (χ1v) is 8.15. The van der Waals surface area contributed by atoms with Crippen LogP contribution in [0.2, 0.25) is 0 Å². The van der Waals surface area contributed by atoms with Crippen molar-refractivity contribution in [3.8, 4) is 11.5 Å². The van der Waals surface area contributed by atoms with Gasteiger partial charge in [-0.05, 0) is 43.2 Å². The molecule has 2 aliphatic rings. The largest absolute Gasteiger partial charge is 0.493 e. The monoisotopic (exact) mass is 333 g/mol. The summed E-state index contributed by atoms with van der Waals surface area (Å²) in [4.78, 5) is 23.5. The lowest BCUT2D eigenvalue weighted by Crippen LogP contribution is -2.42. The second kappa shape index (κ2) is 6.68. The molecule has 0 spiro atoms. The summed E-state index contributed by atoms with van der Waals surface area (Å²) in [6.45, 7) is -0.259. The number of methoxy groups -OCH3 is 1. The number of carbonyl (C=O) groups is 2. The van der Waals surface area contributed by atoms with Crippen LogP contribution >= 0.6 is 0 Å². The molecule has 0 aromatic heterocycles. The summed E-state index contributed by atoms with van der Waals surface area (Å²) in [5.41, 5.74) is 11.9. The van der Waals surface area contributed by atoms with Crippen LogP contribution < -0.4 is 26.3 Å². The summed E-state index contributed by atoms with van der Waals surface area (Å²) >= 11 is 0. The number of benzene rings is 1. The van der Waals surface area contributed by atoms with Gasteiger partial charge in [-0.15, -0.1) is 0 Å². The number of fused-ring (bicyclic) bond motifs is 2. The molecule has 0 radical (unpaired) electrons. The van der Waals surface area contributed by atoms with Crippen LogP contribution in [-0.4, -0.2) is 31.6 Å². The topological polar surface area (TPSA) is 117 Å². The molecule has 7 nitrogen and oxygen atoms in total. The fourth-order valence-electron chi connectivity index (χ4n) is 3.97. The van der Waals surface area contributed by atoms with Crippen molar-refractivity contribution in [2.75, 3.05) is 19.0 Å². The second-order valence-electron chi connectivity index (χ2n) is 6.55. The minimum absolute atomic E-state index is 0.0549. The number of nitrogens with two attached hydrogens (primary N) is 2. The van der Waals surface area contributed by atoms with Crippen molar-refractivity contribution < 1.29 is 19.1 Å². The standard InChI is InChI=1S/C17H23N3O4/c1-23-12-5-4-11(7-13(12)24-8-14(18)21)20-17(22)15-9-2-3-10(6-9)16(15)19/h4-5,7,9-10,15-16H,2-3,6,8,19H2,1H3,(H2,18,21)(H,20,22). The Balaban J connectivity index is 1.71. The molecular weight excluding hydrogens is 310 g/mol. The zero-order valence-corrected chi connectivity index (χ0v) is 13.7. The van der Waals surface area contributed by atoms with Gasteiger partial charge in [0.05, 0.1) is 13.0 Å². The van der Waals surface area contributed by atoms with Gasteiger partial charge in [0, 0.05) is 17.8 Å². The van der Waals surface area contributed by atoms with E-state index in [1.54, 1.807) is 18.2 Å². The lowest BCUT2D eigenvalue weighted by atomic mass is 9.84. The van der Waals surface area contributed by atoms with Gasteiger partial charge >= 0.3 is 0 Å². The van der Waals surface area contributed by atoms with E-state index in [1.165, 1.54) is 7.11 Å². The number of hydrogen-bond donors (Lipinski definition) is 3. The smallest absolute Gasteiger partial charge is 0.255 e. The third-order valence-corrected chi connectivity index (χ3v) is 5.08. The highest BCUT2D eigenvalue weighted by Gasteiger charge is 2.49. The summed E-state index contributed by atoms with van der Waals surface area (Å²) in [7, 11) is 1.50. The van der Waals surface area contributed by atoms with Crippen LogP contribution in [0.1, 0.15) is 19.3 Å². The molecule has 24 heavy (non-hydrogen) atoms. The highest BCUT2D eigenvalue weighted by molar-refractivity contribution is 5.94. The van der Waals surface area contributed by atoms with Crippen molar-refractivity contribution in [2.45, 2.75) is 25.3 Å². The molecule has 4 unspecified atom stereocenters. The highest BCUT2D eigenvalue weighted by atomic mass is 16.5. The SMILES string of the molecule is COc1ccc(NC(=O)C2C3CCC(C3)C2N)cc1OCC(N)=O. The van der Waals surface area contributed by atoms with Gasteiger partial charge in [-0.25, -0.2) is 0 Å². The Bertz CT molecular complexity index is 647. The van der Waals surface area contributed by atoms with E-state index in [1.807, 2.05) is 0 Å². The molecular formula is C17H23N3O4. The lowest BCUT2D eigenvalue weighted by molar-refractivity contribution is -0.122. The summed E-state index contributed by atoms with van der Waals surface area (Å²) in [5.74, 6) is 0.892. The summed E-state index contributed by atoms with van der Waals surface area (Å²) in [6.07, 6.45) is 3.25. The Morgan fingerprint density at radius 2 is 2.00 bits per heavy atom. The summed E-state index contributed by atoms with van der Waals surface area (Å²) in [6, 6.07) is 4.96. The molecule has 2 saturated carbocycles. The number of amides is 2. The highest BCUT2D eigenvalue weighted by Crippen LogP contribution is 2.48. The van der Waals surface area contributed by atoms with E-state index in [2.05, 4.69) is 5.32 Å². The minimum atomic E-state index is -0.584. The van der Waals surface area contributed by atoms with E-state index in [0.29, 0.717) is 29.0 Å². The van der Waals surface area contributed by atoms with Crippen LogP contribution in [0.15, 0.2) is 18.2 Å². The predicted octanol–water partition coefficient (Wildman–Crippen LogP) is 0.871. The van der Waals surface area contributed by atoms with Gasteiger partial charge in [-0.1, -0.05) is 0 Å². The van der Waals surface area contributed by atoms with Crippen LogP contribution in [0.5, 0.6) is 11.5 Å². The average Bonchev–Trinajstić information content (AvgIpc) is 3.14. The van der Waals surface area contributed by atoms with Crippen LogP contribution in [0, 0.1) is 17.8 Å². The Hall–Kier alpha value is -2.28. The lowest BCUT2D eigenvalue weighted by Gasteiger charge is -2.27. The van der Waals surface area contributed by atoms with Crippen LogP contribution in [0.25, 0.3) is 0 Å². The van der Waals surface area contributed by atoms with Crippen molar-refractivity contribution >= 4 is 17.5 Å². The molecule has 2 fully saturated rings. The van der Waals surface area contributed by atoms with Gasteiger partial charge in [-0.2, -0.15) is 0 Å². The molecule has 0 aliphatic heterocycles. The van der Waals surface area contributed by atoms with Gasteiger partial charge in [0.25, 0.3) is 5.91 Å².